The van der Waals surface area contributed by atoms with Crippen molar-refractivity contribution in [2.24, 2.45) is 0 Å². The molecule has 9 atom stereocenters. The number of nitrogens with two attached hydrogens (primary N) is 2. The number of aliphatic hydroxyl groups is 2. The third-order valence-electron chi connectivity index (χ3n) is 8.42. The van der Waals surface area contributed by atoms with E-state index in [9.17, 15) is 34.1 Å². The van der Waals surface area contributed by atoms with E-state index >= 15 is 0 Å². The minimum absolute atomic E-state index is 0.0347. The summed E-state index contributed by atoms with van der Waals surface area (Å²) in [6, 6.07) is -1.23. The van der Waals surface area contributed by atoms with Gasteiger partial charge in [0.1, 0.15) is 59.8 Å². The van der Waals surface area contributed by atoms with Gasteiger partial charge in [-0.25, -0.2) is 24.5 Å². The van der Waals surface area contributed by atoms with E-state index in [-0.39, 0.29) is 52.0 Å². The van der Waals surface area contributed by atoms with Gasteiger partial charge in [0.2, 0.25) is 5.95 Å². The van der Waals surface area contributed by atoms with Crippen LogP contribution in [0.15, 0.2) is 33.4 Å². The third kappa shape index (κ3) is 4.67. The summed E-state index contributed by atoms with van der Waals surface area (Å²) < 4.78 is 38.5. The molecule has 2 fully saturated rings. The number of aromatic nitrogens is 8. The molecular formula is C24H25N12O11P. The average molecular weight is 689 g/mol. The first-order valence-corrected chi connectivity index (χ1v) is 15.7. The molecule has 5 aromatic rings. The molecule has 0 saturated carbocycles. The fraction of sp³-hybridized carbons (Fsp3) is 0.417. The van der Waals surface area contributed by atoms with Crippen molar-refractivity contribution in [3.8, 4) is 0 Å². The van der Waals surface area contributed by atoms with Crippen LogP contribution in [-0.2, 0) is 23.1 Å². The van der Waals surface area contributed by atoms with Crippen molar-refractivity contribution >= 4 is 53.3 Å². The van der Waals surface area contributed by atoms with E-state index in [0.717, 1.165) is 0 Å². The van der Waals surface area contributed by atoms with Gasteiger partial charge in [-0.2, -0.15) is 4.98 Å². The lowest BCUT2D eigenvalue weighted by atomic mass is 10.1. The largest absolute Gasteiger partial charge is 0.472 e. The predicted octanol–water partition coefficient (Wildman–Crippen LogP) is -3.36. The Bertz CT molecular complexity index is 2260. The molecule has 252 valence electrons. The molecule has 3 aliphatic rings. The second-order valence-electron chi connectivity index (χ2n) is 11.3. The molecule has 1 aromatic carbocycles. The lowest BCUT2D eigenvalue weighted by Gasteiger charge is -2.27. The van der Waals surface area contributed by atoms with Crippen LogP contribution in [0.25, 0.3) is 22.3 Å². The highest BCUT2D eigenvalue weighted by Gasteiger charge is 2.51. The molecule has 2 bridgehead atoms. The highest BCUT2D eigenvalue weighted by Crippen LogP contribution is 2.50. The number of nitrogens with zero attached hydrogens (tertiary/aromatic N) is 7. The fourth-order valence-electron chi connectivity index (χ4n) is 6.13. The first kappa shape index (κ1) is 30.5. The maximum atomic E-state index is 13.3. The molecule has 10 N–H and O–H groups in total. The molecule has 24 heteroatoms. The van der Waals surface area contributed by atoms with Crippen LogP contribution in [0, 0.1) is 0 Å². The number of aliphatic hydroxyl groups excluding tert-OH is 2. The summed E-state index contributed by atoms with van der Waals surface area (Å²) in [6.45, 7) is -1.06. The first-order valence-electron chi connectivity index (χ1n) is 14.2. The second-order valence-corrected chi connectivity index (χ2v) is 12.7. The molecule has 0 spiro atoms. The van der Waals surface area contributed by atoms with Crippen molar-refractivity contribution in [1.82, 2.24) is 39.0 Å². The van der Waals surface area contributed by atoms with Crippen LogP contribution in [0.3, 0.4) is 0 Å². The SMILES string of the molecule is Nc1nc2c(ncn2[C@@H]2O[C@@H]3COP(=O)(O)OC4C(O)[C@H](n5cnc6c(N)ncnc65)O[C@@H]4CNc4c(c(=O)c4=O)NC2C3O)c(=O)[nH]1. The van der Waals surface area contributed by atoms with E-state index in [1.54, 1.807) is 0 Å². The number of imidazole rings is 2. The summed E-state index contributed by atoms with van der Waals surface area (Å²) in [7, 11) is -5.03. The van der Waals surface area contributed by atoms with Crippen LogP contribution in [-0.4, -0.2) is 104 Å². The number of phosphoric acid groups is 1. The van der Waals surface area contributed by atoms with Crippen LogP contribution in [0.2, 0.25) is 0 Å². The van der Waals surface area contributed by atoms with E-state index in [0.29, 0.717) is 0 Å². The van der Waals surface area contributed by atoms with E-state index in [1.165, 1.54) is 28.1 Å². The molecule has 7 heterocycles. The van der Waals surface area contributed by atoms with Crippen molar-refractivity contribution in [3.05, 3.63) is 49.8 Å². The Hall–Kier alpha value is -4.87. The Labute approximate surface area is 264 Å². The minimum atomic E-state index is -5.03. The Morgan fingerprint density at radius 2 is 1.60 bits per heavy atom. The molecular weight excluding hydrogens is 663 g/mol. The van der Waals surface area contributed by atoms with Gasteiger partial charge in [-0.15, -0.1) is 0 Å². The van der Waals surface area contributed by atoms with E-state index in [4.69, 9.17) is 30.0 Å². The molecule has 5 unspecified atom stereocenters. The number of H-pyrrole nitrogens is 1. The summed E-state index contributed by atoms with van der Waals surface area (Å²) in [4.78, 5) is 71.3. The van der Waals surface area contributed by atoms with Gasteiger partial charge in [-0.3, -0.25) is 37.5 Å². The molecule has 48 heavy (non-hydrogen) atoms. The molecule has 23 nitrogen and oxygen atoms in total. The Balaban J connectivity index is 1.15. The highest BCUT2D eigenvalue weighted by molar-refractivity contribution is 7.47. The van der Waals surface area contributed by atoms with Gasteiger partial charge in [0.25, 0.3) is 16.4 Å². The first-order chi connectivity index (χ1) is 22.9. The van der Waals surface area contributed by atoms with Gasteiger partial charge in [0, 0.05) is 6.54 Å². The summed E-state index contributed by atoms with van der Waals surface area (Å²) >= 11 is 0. The number of hydrogen-bond donors (Lipinski definition) is 8. The predicted molar refractivity (Wildman–Crippen MR) is 160 cm³/mol. The van der Waals surface area contributed by atoms with E-state index in [2.05, 4.69) is 40.5 Å². The lowest BCUT2D eigenvalue weighted by molar-refractivity contribution is -0.0498. The number of aromatic amines is 1. The number of anilines is 4. The number of hydrogen-bond acceptors (Lipinski definition) is 19. The van der Waals surface area contributed by atoms with E-state index in [1.807, 2.05) is 0 Å². The lowest BCUT2D eigenvalue weighted by Crippen LogP contribution is -2.46. The van der Waals surface area contributed by atoms with Gasteiger partial charge in [-0.05, 0) is 0 Å². The van der Waals surface area contributed by atoms with Gasteiger partial charge in [0.15, 0.2) is 35.1 Å². The zero-order chi connectivity index (χ0) is 33.6. The summed E-state index contributed by atoms with van der Waals surface area (Å²) in [5, 5.41) is 28.2. The summed E-state index contributed by atoms with van der Waals surface area (Å²) in [6.07, 6.45) is -6.19. The Morgan fingerprint density at radius 1 is 0.896 bits per heavy atom. The number of nitrogens with one attached hydrogen (secondary N) is 3. The third-order valence-corrected chi connectivity index (χ3v) is 9.41. The van der Waals surface area contributed by atoms with Gasteiger partial charge in [0.05, 0.1) is 19.3 Å². The fourth-order valence-corrected chi connectivity index (χ4v) is 7.09. The number of phosphoric ester groups is 1. The van der Waals surface area contributed by atoms with E-state index < -0.39 is 79.9 Å². The van der Waals surface area contributed by atoms with Gasteiger partial charge < -0.3 is 46.7 Å². The quantitative estimate of drug-likeness (QED) is 0.0663. The topological polar surface area (TPSA) is 332 Å². The van der Waals surface area contributed by atoms with Crippen molar-refractivity contribution in [2.45, 2.75) is 49.0 Å². The molecule has 0 aliphatic carbocycles. The number of ether oxygens (including phenoxy) is 2. The minimum Gasteiger partial charge on any atom is -0.388 e. The van der Waals surface area contributed by atoms with Gasteiger partial charge >= 0.3 is 7.82 Å². The van der Waals surface area contributed by atoms with Crippen LogP contribution >= 0.6 is 7.82 Å². The smallest absolute Gasteiger partial charge is 0.388 e. The summed E-state index contributed by atoms with van der Waals surface area (Å²) in [5.74, 6) is -0.175. The van der Waals surface area contributed by atoms with Crippen molar-refractivity contribution in [3.63, 3.8) is 0 Å². The van der Waals surface area contributed by atoms with Crippen LogP contribution in [0.1, 0.15) is 12.5 Å². The highest BCUT2D eigenvalue weighted by atomic mass is 31.2. The molecule has 0 amide bonds. The van der Waals surface area contributed by atoms with Gasteiger partial charge in [-0.1, -0.05) is 0 Å². The normalized spacial score (nSPS) is 32.5. The molecule has 2 saturated heterocycles. The van der Waals surface area contributed by atoms with Crippen LogP contribution in [0.4, 0.5) is 23.1 Å². The maximum Gasteiger partial charge on any atom is 0.472 e. The number of rotatable bonds is 2. The van der Waals surface area contributed by atoms with Crippen LogP contribution in [0.5, 0.6) is 0 Å². The Morgan fingerprint density at radius 3 is 2.40 bits per heavy atom. The van der Waals surface area contributed by atoms with Crippen LogP contribution < -0.4 is 38.5 Å². The van der Waals surface area contributed by atoms with Crippen molar-refractivity contribution < 1.29 is 38.2 Å². The van der Waals surface area contributed by atoms with Crippen molar-refractivity contribution in [2.75, 3.05) is 35.3 Å². The second kappa shape index (κ2) is 10.8. The molecule has 8 rings (SSSR count). The Kier molecular flexibility index (Phi) is 6.87. The number of nitrogen functional groups attached to an aromatic ring is 2. The molecule has 4 aromatic heterocycles. The molecule has 3 aliphatic heterocycles. The monoisotopic (exact) mass is 688 g/mol. The zero-order valence-electron chi connectivity index (χ0n) is 24.1. The van der Waals surface area contributed by atoms with Crippen molar-refractivity contribution in [1.29, 1.82) is 0 Å². The average Bonchev–Trinajstić information content (AvgIpc) is 3.80. The number of fused-ring (bicyclic) bond motifs is 6. The summed E-state index contributed by atoms with van der Waals surface area (Å²) in [5.41, 5.74) is 8.97. The molecule has 0 radical (unpaired) electrons. The zero-order valence-corrected chi connectivity index (χ0v) is 25.0. The maximum absolute atomic E-state index is 13.3. The standard InChI is InChI=1S/C24H25N12O11P/c25-18-11-19(29-3-28-18)35(4-30-11)23-16(40)17-6(45-23)1-27-8-9(15(39)14(8)38)32-10-13(37)7(2-44-48(42,43)47-17)46-22(10)36-5-31-12-20(36)33-24(26)34-21(12)41/h3-7,10,13,16-17,22-23,27,32,37,40H,1-2H2,(H,42,43)(H2,25,28,29)(H3,26,33,34,41)/t6-,7-,10?,13?,16?,17?,22-,23-/m1/s1.